The van der Waals surface area contributed by atoms with E-state index in [-0.39, 0.29) is 6.54 Å². The first-order chi connectivity index (χ1) is 6.20. The lowest BCUT2D eigenvalue weighted by Crippen LogP contribution is -2.34. The van der Waals surface area contributed by atoms with Crippen LogP contribution < -0.4 is 5.32 Å². The molecule has 0 saturated carbocycles. The van der Waals surface area contributed by atoms with Crippen molar-refractivity contribution in [3.8, 4) is 0 Å². The zero-order valence-electron chi connectivity index (χ0n) is 7.38. The zero-order valence-corrected chi connectivity index (χ0v) is 8.20. The third kappa shape index (κ3) is 4.24. The Morgan fingerprint density at radius 2 is 2.31 bits per heavy atom. The van der Waals surface area contributed by atoms with Crippen molar-refractivity contribution in [2.45, 2.75) is 19.0 Å². The summed E-state index contributed by atoms with van der Waals surface area (Å²) in [6.07, 6.45) is -3.00. The second-order valence-corrected chi connectivity index (χ2v) is 4.44. The Balaban J connectivity index is 1.99. The van der Waals surface area contributed by atoms with Crippen LogP contribution in [0.5, 0.6) is 0 Å². The first-order valence-corrected chi connectivity index (χ1v) is 5.60. The molecule has 2 atom stereocenters. The fourth-order valence-electron chi connectivity index (χ4n) is 1.27. The lowest BCUT2D eigenvalue weighted by Gasteiger charge is -2.13. The number of nitrogens with one attached hydrogen (secondary N) is 1. The standard InChI is InChI=1S/C8H15F2NOS/c9-8(10)7(12)4-11-3-6-1-2-13-5-6/h6-8,11-12H,1-5H2. The van der Waals surface area contributed by atoms with E-state index >= 15 is 0 Å². The predicted molar refractivity (Wildman–Crippen MR) is 50.3 cm³/mol. The van der Waals surface area contributed by atoms with E-state index < -0.39 is 12.5 Å². The fraction of sp³-hybridized carbons (Fsp3) is 1.00. The van der Waals surface area contributed by atoms with Crippen LogP contribution in [0.1, 0.15) is 6.42 Å². The van der Waals surface area contributed by atoms with Gasteiger partial charge >= 0.3 is 0 Å². The van der Waals surface area contributed by atoms with Gasteiger partial charge in [-0.1, -0.05) is 0 Å². The average Bonchev–Trinajstić information content (AvgIpc) is 2.56. The van der Waals surface area contributed by atoms with E-state index in [4.69, 9.17) is 5.11 Å². The van der Waals surface area contributed by atoms with Gasteiger partial charge in [0.1, 0.15) is 6.10 Å². The third-order valence-electron chi connectivity index (χ3n) is 2.10. The number of rotatable bonds is 5. The largest absolute Gasteiger partial charge is 0.386 e. The molecule has 0 amide bonds. The second-order valence-electron chi connectivity index (χ2n) is 3.29. The lowest BCUT2D eigenvalue weighted by atomic mass is 10.1. The maximum Gasteiger partial charge on any atom is 0.265 e. The number of hydrogen-bond acceptors (Lipinski definition) is 3. The van der Waals surface area contributed by atoms with Crippen molar-refractivity contribution in [3.05, 3.63) is 0 Å². The number of alkyl halides is 2. The molecule has 0 bridgehead atoms. The molecule has 78 valence electrons. The molecule has 2 nitrogen and oxygen atoms in total. The molecule has 2 N–H and O–H groups in total. The van der Waals surface area contributed by atoms with Crippen LogP contribution in [-0.4, -0.2) is 42.2 Å². The molecule has 1 fully saturated rings. The molecule has 1 aliphatic rings. The topological polar surface area (TPSA) is 32.3 Å². The summed E-state index contributed by atoms with van der Waals surface area (Å²) in [4.78, 5) is 0. The van der Waals surface area contributed by atoms with Crippen molar-refractivity contribution in [2.75, 3.05) is 24.6 Å². The number of hydrogen-bond donors (Lipinski definition) is 2. The molecule has 1 heterocycles. The van der Waals surface area contributed by atoms with Crippen molar-refractivity contribution in [1.82, 2.24) is 5.32 Å². The summed E-state index contributed by atoms with van der Waals surface area (Å²) in [6.45, 7) is 0.746. The van der Waals surface area contributed by atoms with Crippen molar-refractivity contribution in [3.63, 3.8) is 0 Å². The van der Waals surface area contributed by atoms with Gasteiger partial charge in [-0.25, -0.2) is 8.78 Å². The molecule has 2 unspecified atom stereocenters. The molecule has 0 aromatic rings. The summed E-state index contributed by atoms with van der Waals surface area (Å²) >= 11 is 1.90. The van der Waals surface area contributed by atoms with E-state index in [9.17, 15) is 8.78 Å². The predicted octanol–water partition coefficient (Wildman–Crippen LogP) is 0.955. The molecule has 0 aliphatic carbocycles. The Kier molecular flexibility index (Phi) is 4.98. The van der Waals surface area contributed by atoms with Gasteiger partial charge in [0.2, 0.25) is 0 Å². The minimum atomic E-state index is -2.63. The molecular formula is C8H15F2NOS. The number of aliphatic hydroxyl groups is 1. The van der Waals surface area contributed by atoms with Gasteiger partial charge in [-0.3, -0.25) is 0 Å². The van der Waals surface area contributed by atoms with Crippen LogP contribution in [0.15, 0.2) is 0 Å². The lowest BCUT2D eigenvalue weighted by molar-refractivity contribution is -0.00350. The van der Waals surface area contributed by atoms with Crippen LogP contribution in [-0.2, 0) is 0 Å². The highest BCUT2D eigenvalue weighted by molar-refractivity contribution is 7.99. The molecule has 1 saturated heterocycles. The first kappa shape index (κ1) is 11.2. The van der Waals surface area contributed by atoms with Crippen LogP contribution >= 0.6 is 11.8 Å². The van der Waals surface area contributed by atoms with Gasteiger partial charge in [0, 0.05) is 6.54 Å². The van der Waals surface area contributed by atoms with E-state index in [1.807, 2.05) is 11.8 Å². The molecule has 13 heavy (non-hydrogen) atoms. The minimum absolute atomic E-state index is 0.00116. The third-order valence-corrected chi connectivity index (χ3v) is 3.33. The second kappa shape index (κ2) is 5.78. The van der Waals surface area contributed by atoms with E-state index in [0.717, 1.165) is 18.7 Å². The molecule has 0 aromatic carbocycles. The molecular weight excluding hydrogens is 196 g/mol. The minimum Gasteiger partial charge on any atom is -0.386 e. The summed E-state index contributed by atoms with van der Waals surface area (Å²) in [5.74, 6) is 2.87. The fourth-order valence-corrected chi connectivity index (χ4v) is 2.55. The summed E-state index contributed by atoms with van der Waals surface area (Å²) in [5.41, 5.74) is 0. The Morgan fingerprint density at radius 1 is 1.54 bits per heavy atom. The van der Waals surface area contributed by atoms with E-state index in [2.05, 4.69) is 5.32 Å². The highest BCUT2D eigenvalue weighted by atomic mass is 32.2. The monoisotopic (exact) mass is 211 g/mol. The number of halogens is 2. The van der Waals surface area contributed by atoms with Crippen LogP contribution in [0.3, 0.4) is 0 Å². The van der Waals surface area contributed by atoms with Crippen molar-refractivity contribution < 1.29 is 13.9 Å². The first-order valence-electron chi connectivity index (χ1n) is 4.45. The molecule has 1 rings (SSSR count). The van der Waals surface area contributed by atoms with Crippen LogP contribution in [0.2, 0.25) is 0 Å². The molecule has 1 aliphatic heterocycles. The van der Waals surface area contributed by atoms with Crippen molar-refractivity contribution in [1.29, 1.82) is 0 Å². The Bertz CT molecular complexity index is 140. The van der Waals surface area contributed by atoms with Gasteiger partial charge in [-0.15, -0.1) is 0 Å². The normalized spacial score (nSPS) is 25.4. The maximum absolute atomic E-state index is 11.8. The summed E-state index contributed by atoms with van der Waals surface area (Å²) in [5, 5.41) is 11.6. The zero-order chi connectivity index (χ0) is 9.68. The number of thioether (sulfide) groups is 1. The van der Waals surface area contributed by atoms with Crippen molar-refractivity contribution in [2.24, 2.45) is 5.92 Å². The Hall–Kier alpha value is 0.130. The quantitative estimate of drug-likeness (QED) is 0.710. The summed E-state index contributed by atoms with van der Waals surface area (Å²) in [7, 11) is 0. The van der Waals surface area contributed by atoms with E-state index in [1.165, 1.54) is 5.75 Å². The van der Waals surface area contributed by atoms with E-state index in [0.29, 0.717) is 5.92 Å². The molecule has 0 spiro atoms. The van der Waals surface area contributed by atoms with Gasteiger partial charge in [-0.05, 0) is 30.4 Å². The molecule has 0 aromatic heterocycles. The Morgan fingerprint density at radius 3 is 2.85 bits per heavy atom. The highest BCUT2D eigenvalue weighted by Crippen LogP contribution is 2.22. The van der Waals surface area contributed by atoms with Gasteiger partial charge in [-0.2, -0.15) is 11.8 Å². The van der Waals surface area contributed by atoms with Crippen LogP contribution in [0, 0.1) is 5.92 Å². The van der Waals surface area contributed by atoms with Gasteiger partial charge < -0.3 is 10.4 Å². The summed E-state index contributed by atoms with van der Waals surface area (Å²) in [6, 6.07) is 0. The highest BCUT2D eigenvalue weighted by Gasteiger charge is 2.18. The van der Waals surface area contributed by atoms with Gasteiger partial charge in [0.25, 0.3) is 6.43 Å². The van der Waals surface area contributed by atoms with Crippen molar-refractivity contribution >= 4 is 11.8 Å². The average molecular weight is 211 g/mol. The maximum atomic E-state index is 11.8. The molecule has 0 radical (unpaired) electrons. The Labute approximate surface area is 81.1 Å². The van der Waals surface area contributed by atoms with Crippen LogP contribution in [0.4, 0.5) is 8.78 Å². The number of aliphatic hydroxyl groups excluding tert-OH is 1. The van der Waals surface area contributed by atoms with E-state index in [1.54, 1.807) is 0 Å². The van der Waals surface area contributed by atoms with Crippen LogP contribution in [0.25, 0.3) is 0 Å². The van der Waals surface area contributed by atoms with Gasteiger partial charge in [0.15, 0.2) is 0 Å². The van der Waals surface area contributed by atoms with Gasteiger partial charge in [0.05, 0.1) is 0 Å². The smallest absolute Gasteiger partial charge is 0.265 e. The SMILES string of the molecule is OC(CNCC1CCSC1)C(F)F. The molecule has 5 heteroatoms. The summed E-state index contributed by atoms with van der Waals surface area (Å²) < 4.78 is 23.7.